The molecule has 1 aromatic rings. The first-order chi connectivity index (χ1) is 9.49. The summed E-state index contributed by atoms with van der Waals surface area (Å²) in [6.07, 6.45) is 1.38. The third-order valence-corrected chi connectivity index (χ3v) is 3.45. The number of anilines is 1. The SMILES string of the molecule is CCc1ccc(O)c(NC(=O)C2(C(=O)O)CCCO2)c1. The number of hydrogen-bond donors (Lipinski definition) is 3. The van der Waals surface area contributed by atoms with Crippen LogP contribution in [0.3, 0.4) is 0 Å². The summed E-state index contributed by atoms with van der Waals surface area (Å²) < 4.78 is 5.14. The van der Waals surface area contributed by atoms with Gasteiger partial charge in [0.15, 0.2) is 0 Å². The van der Waals surface area contributed by atoms with Gasteiger partial charge in [-0.15, -0.1) is 0 Å². The molecule has 6 heteroatoms. The van der Waals surface area contributed by atoms with Gasteiger partial charge in [-0.2, -0.15) is 0 Å². The van der Waals surface area contributed by atoms with E-state index in [0.717, 1.165) is 12.0 Å². The maximum Gasteiger partial charge on any atom is 0.345 e. The van der Waals surface area contributed by atoms with Crippen molar-refractivity contribution in [2.24, 2.45) is 0 Å². The van der Waals surface area contributed by atoms with Crippen LogP contribution in [0.25, 0.3) is 0 Å². The Bertz CT molecular complexity index is 534. The van der Waals surface area contributed by atoms with Gasteiger partial charge in [-0.05, 0) is 37.0 Å². The Balaban J connectivity index is 2.25. The van der Waals surface area contributed by atoms with Gasteiger partial charge in [-0.1, -0.05) is 13.0 Å². The summed E-state index contributed by atoms with van der Waals surface area (Å²) in [5, 5.41) is 21.4. The van der Waals surface area contributed by atoms with Crippen molar-refractivity contribution < 1.29 is 24.5 Å². The molecular weight excluding hydrogens is 262 g/mol. The summed E-state index contributed by atoms with van der Waals surface area (Å²) in [5.74, 6) is -2.17. The zero-order valence-electron chi connectivity index (χ0n) is 11.2. The van der Waals surface area contributed by atoms with E-state index in [1.54, 1.807) is 12.1 Å². The molecule has 1 atom stereocenters. The lowest BCUT2D eigenvalue weighted by Crippen LogP contribution is -2.49. The van der Waals surface area contributed by atoms with E-state index in [1.165, 1.54) is 6.07 Å². The maximum absolute atomic E-state index is 12.2. The van der Waals surface area contributed by atoms with Crippen molar-refractivity contribution in [3.63, 3.8) is 0 Å². The number of aryl methyl sites for hydroxylation is 1. The van der Waals surface area contributed by atoms with Gasteiger partial charge in [0.05, 0.1) is 5.69 Å². The Morgan fingerprint density at radius 1 is 1.45 bits per heavy atom. The Hall–Kier alpha value is -2.08. The highest BCUT2D eigenvalue weighted by Crippen LogP contribution is 2.30. The number of rotatable bonds is 4. The highest BCUT2D eigenvalue weighted by molar-refractivity contribution is 6.12. The van der Waals surface area contributed by atoms with Crippen LogP contribution in [0, 0.1) is 0 Å². The minimum absolute atomic E-state index is 0.103. The Morgan fingerprint density at radius 3 is 2.75 bits per heavy atom. The lowest BCUT2D eigenvalue weighted by Gasteiger charge is -2.22. The molecule has 0 spiro atoms. The molecule has 3 N–H and O–H groups in total. The van der Waals surface area contributed by atoms with Gasteiger partial charge < -0.3 is 20.3 Å². The quantitative estimate of drug-likeness (QED) is 0.573. The van der Waals surface area contributed by atoms with Crippen LogP contribution in [0.1, 0.15) is 25.3 Å². The number of phenols is 1. The lowest BCUT2D eigenvalue weighted by molar-refractivity contribution is -0.165. The molecule has 0 aliphatic carbocycles. The second kappa shape index (κ2) is 5.50. The number of phenolic OH excluding ortho intramolecular Hbond substituents is 1. The van der Waals surface area contributed by atoms with Crippen molar-refractivity contribution in [1.29, 1.82) is 0 Å². The predicted octanol–water partition coefficient (Wildman–Crippen LogP) is 1.53. The number of aliphatic carboxylic acids is 1. The van der Waals surface area contributed by atoms with Crippen LogP contribution in [-0.4, -0.2) is 34.3 Å². The van der Waals surface area contributed by atoms with Crippen molar-refractivity contribution in [2.75, 3.05) is 11.9 Å². The normalized spacial score (nSPS) is 21.6. The number of ether oxygens (including phenoxy) is 1. The molecular formula is C14H17NO5. The Kier molecular flexibility index (Phi) is 3.94. The fraction of sp³-hybridized carbons (Fsp3) is 0.429. The number of hydrogen-bond acceptors (Lipinski definition) is 4. The number of carboxylic acids is 1. The van der Waals surface area contributed by atoms with E-state index in [-0.39, 0.29) is 24.5 Å². The Morgan fingerprint density at radius 2 is 2.20 bits per heavy atom. The van der Waals surface area contributed by atoms with E-state index >= 15 is 0 Å². The Labute approximate surface area is 116 Å². The summed E-state index contributed by atoms with van der Waals surface area (Å²) in [5.41, 5.74) is -0.727. The van der Waals surface area contributed by atoms with Gasteiger partial charge in [-0.25, -0.2) is 4.79 Å². The average molecular weight is 279 g/mol. The number of carboxylic acid groups (broad SMARTS) is 1. The van der Waals surface area contributed by atoms with Gasteiger partial charge in [0.25, 0.3) is 5.91 Å². The molecule has 1 aliphatic rings. The van der Waals surface area contributed by atoms with Crippen LogP contribution in [-0.2, 0) is 20.7 Å². The van der Waals surface area contributed by atoms with E-state index in [0.29, 0.717) is 6.42 Å². The molecule has 6 nitrogen and oxygen atoms in total. The molecule has 1 saturated heterocycles. The van der Waals surface area contributed by atoms with Crippen molar-refractivity contribution in [3.8, 4) is 5.75 Å². The molecule has 1 amide bonds. The van der Waals surface area contributed by atoms with Gasteiger partial charge >= 0.3 is 5.97 Å². The highest BCUT2D eigenvalue weighted by atomic mass is 16.5. The van der Waals surface area contributed by atoms with Crippen LogP contribution in [0.2, 0.25) is 0 Å². The minimum atomic E-state index is -1.85. The standard InChI is InChI=1S/C14H17NO5/c1-2-9-4-5-11(16)10(8-9)15-12(17)14(13(18)19)6-3-7-20-14/h4-5,8,16H,2-3,6-7H2,1H3,(H,15,17)(H,18,19). The number of benzene rings is 1. The second-order valence-corrected chi connectivity index (χ2v) is 4.74. The van der Waals surface area contributed by atoms with Crippen LogP contribution in [0.15, 0.2) is 18.2 Å². The van der Waals surface area contributed by atoms with E-state index in [1.807, 2.05) is 6.92 Å². The molecule has 0 saturated carbocycles. The van der Waals surface area contributed by atoms with Crippen LogP contribution in [0.4, 0.5) is 5.69 Å². The number of carbonyl (C=O) groups is 2. The second-order valence-electron chi connectivity index (χ2n) is 4.74. The molecule has 1 fully saturated rings. The topological polar surface area (TPSA) is 95.9 Å². The zero-order valence-corrected chi connectivity index (χ0v) is 11.2. The molecule has 1 aromatic carbocycles. The number of nitrogens with one attached hydrogen (secondary N) is 1. The van der Waals surface area contributed by atoms with Crippen molar-refractivity contribution in [3.05, 3.63) is 23.8 Å². The first-order valence-corrected chi connectivity index (χ1v) is 6.50. The minimum Gasteiger partial charge on any atom is -0.506 e. The van der Waals surface area contributed by atoms with E-state index in [2.05, 4.69) is 5.32 Å². The third-order valence-electron chi connectivity index (χ3n) is 3.45. The van der Waals surface area contributed by atoms with Crippen LogP contribution < -0.4 is 5.32 Å². The molecule has 1 aliphatic heterocycles. The first-order valence-electron chi connectivity index (χ1n) is 6.50. The molecule has 0 bridgehead atoms. The van der Waals surface area contributed by atoms with Crippen molar-refractivity contribution >= 4 is 17.6 Å². The van der Waals surface area contributed by atoms with Crippen molar-refractivity contribution in [2.45, 2.75) is 31.8 Å². The molecule has 0 radical (unpaired) electrons. The molecule has 1 unspecified atom stereocenters. The smallest absolute Gasteiger partial charge is 0.345 e. The summed E-state index contributed by atoms with van der Waals surface area (Å²) >= 11 is 0. The molecule has 2 rings (SSSR count). The lowest BCUT2D eigenvalue weighted by atomic mass is 9.99. The van der Waals surface area contributed by atoms with E-state index in [9.17, 15) is 19.8 Å². The van der Waals surface area contributed by atoms with Gasteiger partial charge in [0, 0.05) is 6.61 Å². The monoisotopic (exact) mass is 279 g/mol. The fourth-order valence-electron chi connectivity index (χ4n) is 2.21. The van der Waals surface area contributed by atoms with E-state index < -0.39 is 17.5 Å². The van der Waals surface area contributed by atoms with E-state index in [4.69, 9.17) is 4.74 Å². The van der Waals surface area contributed by atoms with Gasteiger partial charge in [0.2, 0.25) is 5.60 Å². The fourth-order valence-corrected chi connectivity index (χ4v) is 2.21. The molecule has 0 aromatic heterocycles. The largest absolute Gasteiger partial charge is 0.506 e. The average Bonchev–Trinajstić information content (AvgIpc) is 2.92. The first kappa shape index (κ1) is 14.3. The number of amides is 1. The zero-order chi connectivity index (χ0) is 14.8. The summed E-state index contributed by atoms with van der Waals surface area (Å²) in [4.78, 5) is 23.5. The number of aromatic hydroxyl groups is 1. The summed E-state index contributed by atoms with van der Waals surface area (Å²) in [6.45, 7) is 2.18. The van der Waals surface area contributed by atoms with Crippen molar-refractivity contribution in [1.82, 2.24) is 0 Å². The third kappa shape index (κ3) is 2.46. The molecule has 108 valence electrons. The highest BCUT2D eigenvalue weighted by Gasteiger charge is 2.50. The maximum atomic E-state index is 12.2. The summed E-state index contributed by atoms with van der Waals surface area (Å²) in [7, 11) is 0. The molecule has 20 heavy (non-hydrogen) atoms. The van der Waals surface area contributed by atoms with Gasteiger partial charge in [-0.3, -0.25) is 4.79 Å². The summed E-state index contributed by atoms with van der Waals surface area (Å²) in [6, 6.07) is 4.83. The van der Waals surface area contributed by atoms with Gasteiger partial charge in [0.1, 0.15) is 5.75 Å². The molecule has 1 heterocycles. The number of carbonyl (C=O) groups excluding carboxylic acids is 1. The predicted molar refractivity (Wildman–Crippen MR) is 71.7 cm³/mol. The van der Waals surface area contributed by atoms with Crippen LogP contribution >= 0.6 is 0 Å². The van der Waals surface area contributed by atoms with Crippen LogP contribution in [0.5, 0.6) is 5.75 Å².